The van der Waals surface area contributed by atoms with Gasteiger partial charge in [0, 0.05) is 19.9 Å². The summed E-state index contributed by atoms with van der Waals surface area (Å²) in [6.07, 6.45) is 0.612. The van der Waals surface area contributed by atoms with Crippen LogP contribution in [0.4, 0.5) is 5.69 Å². The number of amides is 2. The molecule has 6 nitrogen and oxygen atoms in total. The summed E-state index contributed by atoms with van der Waals surface area (Å²) >= 11 is 1.59. The molecule has 0 bridgehead atoms. The Hall–Kier alpha value is -3.06. The smallest absolute Gasteiger partial charge is 0.270 e. The predicted octanol–water partition coefficient (Wildman–Crippen LogP) is 4.00. The van der Waals surface area contributed by atoms with Gasteiger partial charge in [-0.1, -0.05) is 30.3 Å². The lowest BCUT2D eigenvalue weighted by Gasteiger charge is -2.27. The van der Waals surface area contributed by atoms with Crippen molar-refractivity contribution in [3.63, 3.8) is 0 Å². The molecule has 1 aliphatic rings. The number of hydrazone groups is 1. The zero-order valence-corrected chi connectivity index (χ0v) is 16.5. The Bertz CT molecular complexity index is 1030. The fourth-order valence-electron chi connectivity index (χ4n) is 3.09. The maximum atomic E-state index is 13.0. The van der Waals surface area contributed by atoms with Crippen molar-refractivity contribution in [1.29, 1.82) is 0 Å². The lowest BCUT2D eigenvalue weighted by Crippen LogP contribution is -2.40. The summed E-state index contributed by atoms with van der Waals surface area (Å²) in [5.74, 6) is -0.287. The van der Waals surface area contributed by atoms with Gasteiger partial charge in [-0.25, -0.2) is 9.99 Å². The van der Waals surface area contributed by atoms with Crippen molar-refractivity contribution in [2.45, 2.75) is 25.8 Å². The van der Waals surface area contributed by atoms with Crippen molar-refractivity contribution in [3.05, 3.63) is 59.6 Å². The van der Waals surface area contributed by atoms with Gasteiger partial charge in [0.05, 0.1) is 21.9 Å². The molecule has 3 aromatic rings. The van der Waals surface area contributed by atoms with E-state index in [-0.39, 0.29) is 24.3 Å². The Morgan fingerprint density at radius 2 is 1.82 bits per heavy atom. The SMILES string of the molecule is CC(c1nc2ccccc2s1)N(C)C(=O)C1=NN(c2ccccc2)C(=O)CC1. The third-order valence-electron chi connectivity index (χ3n) is 4.85. The molecule has 1 aliphatic heterocycles. The Labute approximate surface area is 167 Å². The molecule has 2 heterocycles. The van der Waals surface area contributed by atoms with Gasteiger partial charge in [0.25, 0.3) is 5.91 Å². The molecule has 142 valence electrons. The second-order valence-corrected chi connectivity index (χ2v) is 7.76. The molecule has 1 atom stereocenters. The topological polar surface area (TPSA) is 65.9 Å². The molecule has 0 N–H and O–H groups in total. The van der Waals surface area contributed by atoms with Crippen molar-refractivity contribution in [3.8, 4) is 0 Å². The number of benzene rings is 2. The van der Waals surface area contributed by atoms with Gasteiger partial charge in [0.2, 0.25) is 5.91 Å². The van der Waals surface area contributed by atoms with E-state index >= 15 is 0 Å². The molecule has 0 radical (unpaired) electrons. The van der Waals surface area contributed by atoms with E-state index in [1.54, 1.807) is 23.3 Å². The van der Waals surface area contributed by atoms with Gasteiger partial charge < -0.3 is 4.90 Å². The average Bonchev–Trinajstić information content (AvgIpc) is 3.17. The van der Waals surface area contributed by atoms with E-state index in [1.165, 1.54) is 5.01 Å². The molecule has 7 heteroatoms. The van der Waals surface area contributed by atoms with Crippen LogP contribution in [0.2, 0.25) is 0 Å². The summed E-state index contributed by atoms with van der Waals surface area (Å²) < 4.78 is 1.10. The summed E-state index contributed by atoms with van der Waals surface area (Å²) in [6, 6.07) is 16.9. The molecule has 0 saturated carbocycles. The molecule has 1 unspecified atom stereocenters. The highest BCUT2D eigenvalue weighted by Gasteiger charge is 2.29. The predicted molar refractivity (Wildman–Crippen MR) is 111 cm³/mol. The first-order chi connectivity index (χ1) is 13.5. The fraction of sp³-hybridized carbons (Fsp3) is 0.238. The van der Waals surface area contributed by atoms with Crippen LogP contribution in [0.25, 0.3) is 10.2 Å². The molecule has 2 aromatic carbocycles. The molecule has 0 aliphatic carbocycles. The molecule has 28 heavy (non-hydrogen) atoms. The van der Waals surface area contributed by atoms with Crippen LogP contribution >= 0.6 is 11.3 Å². The zero-order valence-electron chi connectivity index (χ0n) is 15.7. The van der Waals surface area contributed by atoms with E-state index in [9.17, 15) is 9.59 Å². The third kappa shape index (κ3) is 3.41. The van der Waals surface area contributed by atoms with Gasteiger partial charge in [-0.05, 0) is 31.2 Å². The lowest BCUT2D eigenvalue weighted by atomic mass is 10.1. The van der Waals surface area contributed by atoms with Gasteiger partial charge in [-0.15, -0.1) is 11.3 Å². The van der Waals surface area contributed by atoms with Crippen LogP contribution in [0.5, 0.6) is 0 Å². The number of fused-ring (bicyclic) bond motifs is 1. The van der Waals surface area contributed by atoms with Crippen LogP contribution in [-0.2, 0) is 9.59 Å². The molecule has 0 fully saturated rings. The summed E-state index contributed by atoms with van der Waals surface area (Å²) in [5, 5.41) is 6.57. The fourth-order valence-corrected chi connectivity index (χ4v) is 4.16. The number of hydrogen-bond acceptors (Lipinski definition) is 5. The van der Waals surface area contributed by atoms with Crippen LogP contribution in [0.1, 0.15) is 30.8 Å². The van der Waals surface area contributed by atoms with Gasteiger partial charge in [-0.2, -0.15) is 5.10 Å². The van der Waals surface area contributed by atoms with Gasteiger partial charge in [-0.3, -0.25) is 9.59 Å². The molecular formula is C21H20N4O2S. The van der Waals surface area contributed by atoms with Crippen LogP contribution in [0.15, 0.2) is 59.7 Å². The number of anilines is 1. The number of para-hydroxylation sites is 2. The lowest BCUT2D eigenvalue weighted by molar-refractivity contribution is -0.125. The molecular weight excluding hydrogens is 372 g/mol. The van der Waals surface area contributed by atoms with E-state index in [0.29, 0.717) is 17.8 Å². The minimum absolute atomic E-state index is 0.107. The number of carbonyl (C=O) groups is 2. The monoisotopic (exact) mass is 392 g/mol. The second-order valence-electron chi connectivity index (χ2n) is 6.70. The Kier molecular flexibility index (Phi) is 4.92. The highest BCUT2D eigenvalue weighted by atomic mass is 32.1. The number of thiazole rings is 1. The second kappa shape index (κ2) is 7.52. The van der Waals surface area contributed by atoms with Gasteiger partial charge in [0.15, 0.2) is 0 Å². The summed E-state index contributed by atoms with van der Waals surface area (Å²) in [6.45, 7) is 1.96. The van der Waals surface area contributed by atoms with E-state index in [4.69, 9.17) is 0 Å². The quantitative estimate of drug-likeness (QED) is 0.674. The Morgan fingerprint density at radius 1 is 1.11 bits per heavy atom. The first kappa shape index (κ1) is 18.3. The van der Waals surface area contributed by atoms with E-state index in [0.717, 1.165) is 15.2 Å². The van der Waals surface area contributed by atoms with Gasteiger partial charge in [0.1, 0.15) is 10.7 Å². The minimum atomic E-state index is -0.185. The zero-order chi connectivity index (χ0) is 19.7. The van der Waals surface area contributed by atoms with Crippen molar-refractivity contribution < 1.29 is 9.59 Å². The molecule has 0 saturated heterocycles. The Morgan fingerprint density at radius 3 is 2.57 bits per heavy atom. The molecule has 0 spiro atoms. The molecule has 1 aromatic heterocycles. The minimum Gasteiger partial charge on any atom is -0.331 e. The van der Waals surface area contributed by atoms with Crippen molar-refractivity contribution in [2.24, 2.45) is 5.10 Å². The van der Waals surface area contributed by atoms with Crippen LogP contribution in [0.3, 0.4) is 0 Å². The van der Waals surface area contributed by atoms with E-state index in [1.807, 2.05) is 61.5 Å². The standard InChI is InChI=1S/C21H20N4O2S/c1-14(20-22-16-10-6-7-11-18(16)28-20)24(2)21(27)17-12-13-19(26)25(23-17)15-8-4-3-5-9-15/h3-11,14H,12-13H2,1-2H3. The molecule has 4 rings (SSSR count). The maximum Gasteiger partial charge on any atom is 0.270 e. The summed E-state index contributed by atoms with van der Waals surface area (Å²) in [5.41, 5.74) is 1.99. The first-order valence-corrected chi connectivity index (χ1v) is 9.94. The van der Waals surface area contributed by atoms with Crippen LogP contribution < -0.4 is 5.01 Å². The van der Waals surface area contributed by atoms with Crippen molar-refractivity contribution in [1.82, 2.24) is 9.88 Å². The van der Waals surface area contributed by atoms with E-state index in [2.05, 4.69) is 10.1 Å². The molecule has 2 amide bonds. The number of nitrogens with zero attached hydrogens (tertiary/aromatic N) is 4. The summed E-state index contributed by atoms with van der Waals surface area (Å²) in [7, 11) is 1.75. The highest BCUT2D eigenvalue weighted by molar-refractivity contribution is 7.18. The largest absolute Gasteiger partial charge is 0.331 e. The Balaban J connectivity index is 1.58. The van der Waals surface area contributed by atoms with Crippen molar-refractivity contribution >= 4 is 44.8 Å². The number of rotatable bonds is 4. The highest BCUT2D eigenvalue weighted by Crippen LogP contribution is 2.29. The first-order valence-electron chi connectivity index (χ1n) is 9.12. The maximum absolute atomic E-state index is 13.0. The summed E-state index contributed by atoms with van der Waals surface area (Å²) in [4.78, 5) is 31.6. The third-order valence-corrected chi connectivity index (χ3v) is 6.06. The number of carbonyl (C=O) groups excluding carboxylic acids is 2. The van der Waals surface area contributed by atoms with E-state index < -0.39 is 0 Å². The van der Waals surface area contributed by atoms with Crippen LogP contribution in [-0.4, -0.2) is 34.5 Å². The van der Waals surface area contributed by atoms with Crippen LogP contribution in [0, 0.1) is 0 Å². The normalized spacial score (nSPS) is 15.4. The number of aromatic nitrogens is 1. The van der Waals surface area contributed by atoms with Gasteiger partial charge >= 0.3 is 0 Å². The average molecular weight is 392 g/mol. The van der Waals surface area contributed by atoms with Crippen molar-refractivity contribution in [2.75, 3.05) is 12.1 Å². The number of hydrogen-bond donors (Lipinski definition) is 0.